The van der Waals surface area contributed by atoms with Crippen LogP contribution in [0.3, 0.4) is 0 Å². The van der Waals surface area contributed by atoms with Gasteiger partial charge in [-0.3, -0.25) is 5.10 Å². The van der Waals surface area contributed by atoms with Crippen LogP contribution < -0.4 is 0 Å². The highest BCUT2D eigenvalue weighted by atomic mass is 16.4. The number of carboxylic acids is 1. The Bertz CT molecular complexity index is 717. The number of carbonyl (C=O) groups is 1. The molecule has 1 heterocycles. The monoisotopic (exact) mass is 238 g/mol. The van der Waals surface area contributed by atoms with E-state index >= 15 is 0 Å². The van der Waals surface area contributed by atoms with Gasteiger partial charge in [-0.15, -0.1) is 0 Å². The lowest BCUT2D eigenvalue weighted by atomic mass is 9.97. The summed E-state index contributed by atoms with van der Waals surface area (Å²) in [6.45, 7) is 0. The van der Waals surface area contributed by atoms with Crippen LogP contribution in [0.15, 0.2) is 48.7 Å². The van der Waals surface area contributed by atoms with Crippen LogP contribution in [0.25, 0.3) is 22.0 Å². The Labute approximate surface area is 103 Å². The zero-order valence-electron chi connectivity index (χ0n) is 9.42. The maximum atomic E-state index is 11.5. The topological polar surface area (TPSA) is 66.0 Å². The summed E-state index contributed by atoms with van der Waals surface area (Å²) in [5, 5.41) is 16.7. The van der Waals surface area contributed by atoms with Crippen molar-refractivity contribution in [3.8, 4) is 11.1 Å². The van der Waals surface area contributed by atoms with Gasteiger partial charge in [0.2, 0.25) is 0 Å². The number of aromatic nitrogens is 2. The van der Waals surface area contributed by atoms with E-state index in [1.807, 2.05) is 36.4 Å². The molecule has 0 aliphatic heterocycles. The quantitative estimate of drug-likeness (QED) is 0.721. The Morgan fingerprint density at radius 1 is 1.11 bits per heavy atom. The molecule has 1 aromatic heterocycles. The van der Waals surface area contributed by atoms with Crippen molar-refractivity contribution in [1.82, 2.24) is 10.2 Å². The Kier molecular flexibility index (Phi) is 2.34. The second-order valence-electron chi connectivity index (χ2n) is 3.99. The number of aromatic amines is 1. The summed E-state index contributed by atoms with van der Waals surface area (Å²) in [4.78, 5) is 11.5. The van der Waals surface area contributed by atoms with Crippen molar-refractivity contribution in [1.29, 1.82) is 0 Å². The lowest BCUT2D eigenvalue weighted by Crippen LogP contribution is -2.00. The molecule has 0 saturated carbocycles. The third-order valence-corrected chi connectivity index (χ3v) is 2.92. The summed E-state index contributed by atoms with van der Waals surface area (Å²) >= 11 is 0. The van der Waals surface area contributed by atoms with Crippen LogP contribution in [0.4, 0.5) is 0 Å². The minimum atomic E-state index is -0.944. The van der Waals surface area contributed by atoms with Crippen molar-refractivity contribution in [2.75, 3.05) is 0 Å². The third-order valence-electron chi connectivity index (χ3n) is 2.92. The van der Waals surface area contributed by atoms with Crippen LogP contribution in [-0.4, -0.2) is 21.3 Å². The number of nitrogens with zero attached hydrogens (tertiary/aromatic N) is 1. The zero-order valence-corrected chi connectivity index (χ0v) is 9.42. The summed E-state index contributed by atoms with van der Waals surface area (Å²) in [7, 11) is 0. The van der Waals surface area contributed by atoms with E-state index in [9.17, 15) is 9.90 Å². The molecule has 0 atom stereocenters. The molecule has 2 aromatic carbocycles. The van der Waals surface area contributed by atoms with Crippen molar-refractivity contribution < 1.29 is 9.90 Å². The summed E-state index contributed by atoms with van der Waals surface area (Å²) < 4.78 is 0. The average molecular weight is 238 g/mol. The summed E-state index contributed by atoms with van der Waals surface area (Å²) in [5.74, 6) is -0.944. The van der Waals surface area contributed by atoms with Crippen LogP contribution in [0.1, 0.15) is 10.4 Å². The highest BCUT2D eigenvalue weighted by Crippen LogP contribution is 2.29. The second kappa shape index (κ2) is 4.00. The van der Waals surface area contributed by atoms with Gasteiger partial charge in [-0.2, -0.15) is 5.10 Å². The van der Waals surface area contributed by atoms with Gasteiger partial charge in [-0.1, -0.05) is 36.4 Å². The van der Waals surface area contributed by atoms with E-state index < -0.39 is 5.97 Å². The minimum absolute atomic E-state index is 0.285. The fourth-order valence-electron chi connectivity index (χ4n) is 2.11. The molecule has 0 radical (unpaired) electrons. The smallest absolute Gasteiger partial charge is 0.337 e. The lowest BCUT2D eigenvalue weighted by molar-refractivity contribution is 0.0700. The Hall–Kier alpha value is -2.62. The number of aromatic carboxylic acids is 1. The van der Waals surface area contributed by atoms with Gasteiger partial charge in [-0.05, 0) is 17.2 Å². The number of carboxylic acid groups (broad SMARTS) is 1. The molecular formula is C14H10N2O2. The van der Waals surface area contributed by atoms with Gasteiger partial charge in [0.15, 0.2) is 0 Å². The number of benzene rings is 2. The molecule has 0 spiro atoms. The maximum Gasteiger partial charge on any atom is 0.337 e. The molecule has 0 aliphatic rings. The largest absolute Gasteiger partial charge is 0.478 e. The molecule has 18 heavy (non-hydrogen) atoms. The zero-order chi connectivity index (χ0) is 12.5. The van der Waals surface area contributed by atoms with Gasteiger partial charge in [-0.25, -0.2) is 4.79 Å². The molecule has 88 valence electrons. The average Bonchev–Trinajstić information content (AvgIpc) is 2.86. The molecule has 0 amide bonds. The van der Waals surface area contributed by atoms with Gasteiger partial charge < -0.3 is 5.11 Å². The van der Waals surface area contributed by atoms with Gasteiger partial charge in [0, 0.05) is 5.39 Å². The van der Waals surface area contributed by atoms with Gasteiger partial charge in [0.25, 0.3) is 0 Å². The van der Waals surface area contributed by atoms with Crippen LogP contribution in [0, 0.1) is 0 Å². The number of nitrogens with one attached hydrogen (secondary N) is 1. The normalized spacial score (nSPS) is 10.7. The fourth-order valence-corrected chi connectivity index (χ4v) is 2.11. The highest BCUT2D eigenvalue weighted by Gasteiger charge is 2.16. The van der Waals surface area contributed by atoms with E-state index in [4.69, 9.17) is 0 Å². The first kappa shape index (κ1) is 10.5. The van der Waals surface area contributed by atoms with Crippen molar-refractivity contribution in [2.24, 2.45) is 0 Å². The molecule has 3 rings (SSSR count). The van der Waals surface area contributed by atoms with E-state index in [0.717, 1.165) is 11.1 Å². The summed E-state index contributed by atoms with van der Waals surface area (Å²) in [6.07, 6.45) is 1.55. The van der Waals surface area contributed by atoms with Crippen molar-refractivity contribution >= 4 is 16.9 Å². The predicted molar refractivity (Wildman–Crippen MR) is 68.5 cm³/mol. The van der Waals surface area contributed by atoms with E-state index in [0.29, 0.717) is 10.9 Å². The Morgan fingerprint density at radius 2 is 1.89 bits per heavy atom. The minimum Gasteiger partial charge on any atom is -0.478 e. The van der Waals surface area contributed by atoms with Gasteiger partial charge in [0.05, 0.1) is 17.3 Å². The SMILES string of the molecule is O=C(O)c1c(-c2ccccc2)ccc2[nH]ncc12. The van der Waals surface area contributed by atoms with E-state index in [1.54, 1.807) is 12.3 Å². The molecular weight excluding hydrogens is 228 g/mol. The van der Waals surface area contributed by atoms with E-state index in [1.165, 1.54) is 0 Å². The van der Waals surface area contributed by atoms with Crippen LogP contribution >= 0.6 is 0 Å². The van der Waals surface area contributed by atoms with E-state index in [2.05, 4.69) is 10.2 Å². The lowest BCUT2D eigenvalue weighted by Gasteiger charge is -2.07. The summed E-state index contributed by atoms with van der Waals surface area (Å²) in [6, 6.07) is 13.1. The number of hydrogen-bond acceptors (Lipinski definition) is 2. The first-order valence-corrected chi connectivity index (χ1v) is 5.52. The van der Waals surface area contributed by atoms with E-state index in [-0.39, 0.29) is 5.56 Å². The van der Waals surface area contributed by atoms with Gasteiger partial charge >= 0.3 is 5.97 Å². The number of fused-ring (bicyclic) bond motifs is 1. The molecule has 0 unspecified atom stereocenters. The van der Waals surface area contributed by atoms with Crippen LogP contribution in [-0.2, 0) is 0 Å². The highest BCUT2D eigenvalue weighted by molar-refractivity contribution is 6.08. The van der Waals surface area contributed by atoms with Crippen molar-refractivity contribution in [3.63, 3.8) is 0 Å². The molecule has 0 aliphatic carbocycles. The second-order valence-corrected chi connectivity index (χ2v) is 3.99. The number of H-pyrrole nitrogens is 1. The fraction of sp³-hybridized carbons (Fsp3) is 0. The first-order chi connectivity index (χ1) is 8.77. The molecule has 2 N–H and O–H groups in total. The van der Waals surface area contributed by atoms with Crippen LogP contribution in [0.2, 0.25) is 0 Å². The first-order valence-electron chi connectivity index (χ1n) is 5.52. The molecule has 4 nitrogen and oxygen atoms in total. The maximum absolute atomic E-state index is 11.5. The van der Waals surface area contributed by atoms with Crippen molar-refractivity contribution in [3.05, 3.63) is 54.2 Å². The van der Waals surface area contributed by atoms with Crippen LogP contribution in [0.5, 0.6) is 0 Å². The molecule has 0 bridgehead atoms. The number of rotatable bonds is 2. The Morgan fingerprint density at radius 3 is 2.61 bits per heavy atom. The molecule has 0 fully saturated rings. The molecule has 0 saturated heterocycles. The number of hydrogen-bond donors (Lipinski definition) is 2. The van der Waals surface area contributed by atoms with Crippen molar-refractivity contribution in [2.45, 2.75) is 0 Å². The third kappa shape index (κ3) is 1.55. The van der Waals surface area contributed by atoms with Gasteiger partial charge in [0.1, 0.15) is 0 Å². The Balaban J connectivity index is 2.35. The predicted octanol–water partition coefficient (Wildman–Crippen LogP) is 2.93. The molecule has 4 heteroatoms. The summed E-state index contributed by atoms with van der Waals surface area (Å²) in [5.41, 5.74) is 2.61. The molecule has 3 aromatic rings. The standard InChI is InChI=1S/C14H10N2O2/c17-14(18)13-10(9-4-2-1-3-5-9)6-7-12-11(13)8-15-16-12/h1-8H,(H,15,16)(H,17,18).